The highest BCUT2D eigenvalue weighted by molar-refractivity contribution is 6.32. The van der Waals surface area contributed by atoms with E-state index in [1.807, 2.05) is 0 Å². The van der Waals surface area contributed by atoms with E-state index in [-0.39, 0.29) is 11.6 Å². The van der Waals surface area contributed by atoms with Crippen molar-refractivity contribution in [3.8, 4) is 11.4 Å². The van der Waals surface area contributed by atoms with Gasteiger partial charge in [0.1, 0.15) is 5.69 Å². The van der Waals surface area contributed by atoms with Crippen molar-refractivity contribution in [1.29, 1.82) is 0 Å². The Balaban J connectivity index is 1.88. The highest BCUT2D eigenvalue weighted by atomic mass is 35.5. The lowest BCUT2D eigenvalue weighted by molar-refractivity contribution is -0.137. The lowest BCUT2D eigenvalue weighted by atomic mass is 10.1. The summed E-state index contributed by atoms with van der Waals surface area (Å²) in [7, 11) is 0. The minimum absolute atomic E-state index is 0.139. The molecule has 0 bridgehead atoms. The lowest BCUT2D eigenvalue weighted by Crippen LogP contribution is -2.08. The van der Waals surface area contributed by atoms with Gasteiger partial charge < -0.3 is 16.0 Å². The van der Waals surface area contributed by atoms with Crippen molar-refractivity contribution in [1.82, 2.24) is 14.5 Å². The lowest BCUT2D eigenvalue weighted by Gasteiger charge is -2.12. The molecule has 9 heteroatoms. The first-order valence-corrected chi connectivity index (χ1v) is 8.18. The number of alkyl halides is 3. The van der Waals surface area contributed by atoms with Gasteiger partial charge in [0.25, 0.3) is 0 Å². The van der Waals surface area contributed by atoms with Gasteiger partial charge in [0.05, 0.1) is 28.3 Å². The van der Waals surface area contributed by atoms with Crippen LogP contribution in [0.15, 0.2) is 55.3 Å². The number of halogens is 4. The Kier molecular flexibility index (Phi) is 5.09. The zero-order valence-electron chi connectivity index (χ0n) is 13.9. The van der Waals surface area contributed by atoms with Gasteiger partial charge in [0, 0.05) is 30.7 Å². The number of imidazole rings is 1. The van der Waals surface area contributed by atoms with Crippen molar-refractivity contribution in [2.45, 2.75) is 12.7 Å². The molecule has 0 radical (unpaired) electrons. The average Bonchev–Trinajstić information content (AvgIpc) is 3.10. The van der Waals surface area contributed by atoms with Crippen LogP contribution in [-0.2, 0) is 12.7 Å². The van der Waals surface area contributed by atoms with Crippen molar-refractivity contribution in [3.05, 3.63) is 77.0 Å². The van der Waals surface area contributed by atoms with Crippen LogP contribution in [0.2, 0.25) is 5.02 Å². The van der Waals surface area contributed by atoms with Gasteiger partial charge >= 0.3 is 6.18 Å². The molecule has 0 fully saturated rings. The molecule has 2 aromatic heterocycles. The van der Waals surface area contributed by atoms with Gasteiger partial charge in [0.2, 0.25) is 0 Å². The van der Waals surface area contributed by atoms with Crippen molar-refractivity contribution in [2.24, 2.45) is 11.5 Å². The van der Waals surface area contributed by atoms with E-state index in [4.69, 9.17) is 23.1 Å². The smallest absolute Gasteiger partial charge is 0.403 e. The largest absolute Gasteiger partial charge is 0.417 e. The maximum Gasteiger partial charge on any atom is 0.417 e. The molecule has 0 atom stereocenters. The highest BCUT2D eigenvalue weighted by Crippen LogP contribution is 2.36. The number of nitrogens with two attached hydrogens (primary N) is 2. The van der Waals surface area contributed by atoms with Crippen molar-refractivity contribution >= 4 is 17.3 Å². The van der Waals surface area contributed by atoms with Crippen LogP contribution < -0.4 is 11.5 Å². The molecule has 4 N–H and O–H groups in total. The number of hydrogen-bond acceptors (Lipinski definition) is 4. The molecule has 0 unspecified atom stereocenters. The number of benzene rings is 1. The minimum Gasteiger partial charge on any atom is -0.403 e. The molecule has 1 aromatic carbocycles. The van der Waals surface area contributed by atoms with Gasteiger partial charge in [-0.2, -0.15) is 13.2 Å². The summed E-state index contributed by atoms with van der Waals surface area (Å²) < 4.78 is 40.6. The number of hydrogen-bond donors (Lipinski definition) is 2. The molecule has 5 nitrogen and oxygen atoms in total. The molecular weight excluding hydrogens is 379 g/mol. The third-order valence-corrected chi connectivity index (χ3v) is 4.35. The van der Waals surface area contributed by atoms with E-state index < -0.39 is 11.7 Å². The first-order chi connectivity index (χ1) is 12.8. The van der Waals surface area contributed by atoms with Gasteiger partial charge in [-0.15, -0.1) is 0 Å². The maximum atomic E-state index is 13.0. The van der Waals surface area contributed by atoms with E-state index in [9.17, 15) is 13.2 Å². The molecular formula is C18H15ClF3N5. The fourth-order valence-electron chi connectivity index (χ4n) is 2.54. The van der Waals surface area contributed by atoms with Crippen molar-refractivity contribution < 1.29 is 13.2 Å². The average molecular weight is 394 g/mol. The summed E-state index contributed by atoms with van der Waals surface area (Å²) in [6.45, 7) is 0.139. The van der Waals surface area contributed by atoms with Crippen LogP contribution in [0.1, 0.15) is 16.7 Å². The van der Waals surface area contributed by atoms with Crippen LogP contribution >= 0.6 is 11.6 Å². The summed E-state index contributed by atoms with van der Waals surface area (Å²) >= 11 is 5.94. The van der Waals surface area contributed by atoms with Crippen molar-refractivity contribution in [2.75, 3.05) is 0 Å². The molecule has 0 aliphatic rings. The standard InChI is InChI=1S/C18H15ClF3N5/c19-17-12(2-1-3-13(17)18(20,21)22)8-27-9-16(26-10-27)15-6-11(4-5-25-15)14(24)7-23/h1-7,9-10H,8,23-24H2/b14-7-. The number of aromatic nitrogens is 3. The van der Waals surface area contributed by atoms with Gasteiger partial charge in [-0.05, 0) is 23.8 Å². The van der Waals surface area contributed by atoms with E-state index in [1.54, 1.807) is 35.2 Å². The first-order valence-electron chi connectivity index (χ1n) is 7.80. The Hall–Kier alpha value is -3.00. The first kappa shape index (κ1) is 18.8. The van der Waals surface area contributed by atoms with Gasteiger partial charge in [0.15, 0.2) is 0 Å². The summed E-state index contributed by atoms with van der Waals surface area (Å²) in [6, 6.07) is 7.26. The summed E-state index contributed by atoms with van der Waals surface area (Å²) in [4.78, 5) is 8.49. The molecule has 3 rings (SSSR count). The molecule has 0 amide bonds. The topological polar surface area (TPSA) is 82.8 Å². The summed E-state index contributed by atoms with van der Waals surface area (Å²) in [5.74, 6) is 0. The molecule has 27 heavy (non-hydrogen) atoms. The van der Waals surface area contributed by atoms with E-state index in [1.165, 1.54) is 18.6 Å². The zero-order valence-corrected chi connectivity index (χ0v) is 14.7. The fraction of sp³-hybridized carbons (Fsp3) is 0.111. The number of nitrogens with zero attached hydrogens (tertiary/aromatic N) is 3. The van der Waals surface area contributed by atoms with E-state index in [0.29, 0.717) is 28.2 Å². The summed E-state index contributed by atoms with van der Waals surface area (Å²) in [5, 5.41) is -0.318. The van der Waals surface area contributed by atoms with Crippen LogP contribution in [0.25, 0.3) is 17.1 Å². The quantitative estimate of drug-likeness (QED) is 0.704. The van der Waals surface area contributed by atoms with E-state index in [2.05, 4.69) is 9.97 Å². The molecule has 2 heterocycles. The Morgan fingerprint density at radius 1 is 1.19 bits per heavy atom. The van der Waals surface area contributed by atoms with Gasteiger partial charge in [-0.25, -0.2) is 4.98 Å². The monoisotopic (exact) mass is 393 g/mol. The Labute approximate surface area is 158 Å². The molecule has 0 saturated heterocycles. The molecule has 0 aliphatic heterocycles. The third-order valence-electron chi connectivity index (χ3n) is 3.91. The Morgan fingerprint density at radius 2 is 1.96 bits per heavy atom. The normalized spacial score (nSPS) is 12.4. The van der Waals surface area contributed by atoms with Crippen LogP contribution in [-0.4, -0.2) is 14.5 Å². The molecule has 0 saturated carbocycles. The van der Waals surface area contributed by atoms with E-state index >= 15 is 0 Å². The summed E-state index contributed by atoms with van der Waals surface area (Å²) in [6.07, 6.45) is 1.53. The number of pyridine rings is 1. The van der Waals surface area contributed by atoms with Crippen LogP contribution in [0.4, 0.5) is 13.2 Å². The van der Waals surface area contributed by atoms with E-state index in [0.717, 1.165) is 6.07 Å². The molecule has 3 aromatic rings. The SMILES string of the molecule is N/C=C(\N)c1ccnc(-c2cn(Cc3cccc(C(F)(F)F)c3Cl)cn2)c1. The second-order valence-electron chi connectivity index (χ2n) is 5.76. The molecule has 0 aliphatic carbocycles. The number of rotatable bonds is 4. The minimum atomic E-state index is -4.51. The van der Waals surface area contributed by atoms with Gasteiger partial charge in [-0.1, -0.05) is 23.7 Å². The molecule has 140 valence electrons. The highest BCUT2D eigenvalue weighted by Gasteiger charge is 2.33. The Bertz CT molecular complexity index is 995. The fourth-order valence-corrected chi connectivity index (χ4v) is 2.84. The third kappa shape index (κ3) is 4.06. The predicted molar refractivity (Wildman–Crippen MR) is 97.4 cm³/mol. The second kappa shape index (κ2) is 7.32. The predicted octanol–water partition coefficient (Wildman–Crippen LogP) is 3.88. The maximum absolute atomic E-state index is 13.0. The van der Waals surface area contributed by atoms with Crippen LogP contribution in [0.5, 0.6) is 0 Å². The Morgan fingerprint density at radius 3 is 2.67 bits per heavy atom. The molecule has 0 spiro atoms. The summed E-state index contributed by atoms with van der Waals surface area (Å²) in [5.41, 5.74) is 12.9. The van der Waals surface area contributed by atoms with Crippen molar-refractivity contribution in [3.63, 3.8) is 0 Å². The zero-order chi connectivity index (χ0) is 19.6. The van der Waals surface area contributed by atoms with Crippen LogP contribution in [0, 0.1) is 0 Å². The second-order valence-corrected chi connectivity index (χ2v) is 6.14. The van der Waals surface area contributed by atoms with Gasteiger partial charge in [-0.3, -0.25) is 4.98 Å². The van der Waals surface area contributed by atoms with Crippen LogP contribution in [0.3, 0.4) is 0 Å².